The number of thioether (sulfide) groups is 1. The van der Waals surface area contributed by atoms with Gasteiger partial charge in [-0.25, -0.2) is 0 Å². The van der Waals surface area contributed by atoms with Gasteiger partial charge in [0, 0.05) is 22.4 Å². The lowest BCUT2D eigenvalue weighted by Gasteiger charge is -2.20. The molecule has 2 nitrogen and oxygen atoms in total. The average molecular weight is 292 g/mol. The maximum absolute atomic E-state index is 5.81. The van der Waals surface area contributed by atoms with Crippen LogP contribution in [0.25, 0.3) is 0 Å². The fourth-order valence-corrected chi connectivity index (χ4v) is 3.94. The Morgan fingerprint density at radius 3 is 2.40 bits per heavy atom. The summed E-state index contributed by atoms with van der Waals surface area (Å²) in [6, 6.07) is 8.90. The smallest absolute Gasteiger partial charge is 0.0341 e. The van der Waals surface area contributed by atoms with Crippen LogP contribution in [0.2, 0.25) is 0 Å². The van der Waals surface area contributed by atoms with E-state index in [0.29, 0.717) is 11.8 Å². The van der Waals surface area contributed by atoms with Crippen molar-refractivity contribution in [3.8, 4) is 0 Å². The van der Waals surface area contributed by atoms with Gasteiger partial charge in [0.2, 0.25) is 0 Å². The van der Waals surface area contributed by atoms with Crippen molar-refractivity contribution >= 4 is 17.4 Å². The highest BCUT2D eigenvalue weighted by atomic mass is 32.2. The molecule has 1 unspecified atom stereocenters. The van der Waals surface area contributed by atoms with Crippen LogP contribution >= 0.6 is 11.8 Å². The van der Waals surface area contributed by atoms with Crippen molar-refractivity contribution < 1.29 is 0 Å². The molecule has 0 aromatic heterocycles. The fourth-order valence-electron chi connectivity index (χ4n) is 2.69. The second-order valence-electron chi connectivity index (χ2n) is 6.17. The van der Waals surface area contributed by atoms with Crippen molar-refractivity contribution in [3.05, 3.63) is 24.3 Å². The molecular weight excluding hydrogens is 264 g/mol. The minimum absolute atomic E-state index is 0.544. The van der Waals surface area contributed by atoms with Gasteiger partial charge in [0.25, 0.3) is 0 Å². The third-order valence-corrected chi connectivity index (χ3v) is 5.62. The van der Waals surface area contributed by atoms with Crippen LogP contribution in [0.1, 0.15) is 39.5 Å². The number of nitrogens with one attached hydrogen (secondary N) is 1. The molecule has 1 atom stereocenters. The van der Waals surface area contributed by atoms with Crippen LogP contribution in [0.3, 0.4) is 0 Å². The van der Waals surface area contributed by atoms with Gasteiger partial charge < -0.3 is 11.1 Å². The highest BCUT2D eigenvalue weighted by molar-refractivity contribution is 8.00. The van der Waals surface area contributed by atoms with E-state index < -0.39 is 0 Å². The summed E-state index contributed by atoms with van der Waals surface area (Å²) in [7, 11) is 0. The van der Waals surface area contributed by atoms with Crippen molar-refractivity contribution in [2.75, 3.05) is 18.4 Å². The van der Waals surface area contributed by atoms with E-state index >= 15 is 0 Å². The molecule has 112 valence electrons. The maximum atomic E-state index is 5.81. The predicted molar refractivity (Wildman–Crippen MR) is 90.4 cm³/mol. The van der Waals surface area contributed by atoms with Gasteiger partial charge in [0.15, 0.2) is 0 Å². The van der Waals surface area contributed by atoms with E-state index in [9.17, 15) is 0 Å². The summed E-state index contributed by atoms with van der Waals surface area (Å²) in [5, 5.41) is 4.35. The summed E-state index contributed by atoms with van der Waals surface area (Å²) in [5.74, 6) is 1.17. The third kappa shape index (κ3) is 4.71. The van der Waals surface area contributed by atoms with E-state index in [1.54, 1.807) is 0 Å². The van der Waals surface area contributed by atoms with Crippen LogP contribution in [0.5, 0.6) is 0 Å². The molecule has 3 heteroatoms. The van der Waals surface area contributed by atoms with Gasteiger partial charge in [0.05, 0.1) is 0 Å². The molecule has 0 spiro atoms. The molecule has 1 aromatic carbocycles. The minimum atomic E-state index is 0.544. The van der Waals surface area contributed by atoms with Crippen LogP contribution in [-0.2, 0) is 0 Å². The van der Waals surface area contributed by atoms with E-state index in [2.05, 4.69) is 43.4 Å². The number of nitrogens with two attached hydrogens (primary N) is 1. The third-order valence-electron chi connectivity index (χ3n) is 4.27. The highest BCUT2D eigenvalue weighted by Gasteiger charge is 2.16. The first kappa shape index (κ1) is 15.7. The number of hydrogen-bond donors (Lipinski definition) is 2. The quantitative estimate of drug-likeness (QED) is 0.784. The van der Waals surface area contributed by atoms with Gasteiger partial charge in [-0.1, -0.05) is 26.7 Å². The summed E-state index contributed by atoms with van der Waals surface area (Å²) < 4.78 is 0. The molecular formula is C17H28N2S. The molecule has 0 bridgehead atoms. The van der Waals surface area contributed by atoms with Crippen LogP contribution in [0.4, 0.5) is 5.69 Å². The lowest BCUT2D eigenvalue weighted by Crippen LogP contribution is -2.27. The van der Waals surface area contributed by atoms with Crippen LogP contribution in [0.15, 0.2) is 29.2 Å². The summed E-state index contributed by atoms with van der Waals surface area (Å²) in [5.41, 5.74) is 7.02. The first-order valence-corrected chi connectivity index (χ1v) is 8.77. The zero-order valence-electron chi connectivity index (χ0n) is 12.8. The Morgan fingerprint density at radius 1 is 1.20 bits per heavy atom. The van der Waals surface area contributed by atoms with Crippen LogP contribution in [0, 0.1) is 11.8 Å². The number of anilines is 1. The Labute approximate surface area is 127 Å². The summed E-state index contributed by atoms with van der Waals surface area (Å²) >= 11 is 2.05. The monoisotopic (exact) mass is 292 g/mol. The van der Waals surface area contributed by atoms with Gasteiger partial charge in [-0.2, -0.15) is 0 Å². The molecule has 1 fully saturated rings. The molecule has 0 amide bonds. The predicted octanol–water partition coefficient (Wildman–Crippen LogP) is 4.36. The zero-order chi connectivity index (χ0) is 14.4. The van der Waals surface area contributed by atoms with Crippen LogP contribution in [-0.4, -0.2) is 18.3 Å². The van der Waals surface area contributed by atoms with E-state index in [4.69, 9.17) is 5.73 Å². The van der Waals surface area contributed by atoms with Crippen LogP contribution < -0.4 is 11.1 Å². The molecule has 0 heterocycles. The standard InChI is InChI=1S/C17H28N2S/c1-13(2)14(11-18)12-19-15-7-9-17(10-8-15)20-16-5-3-4-6-16/h7-10,13-14,16,19H,3-6,11-12,18H2,1-2H3. The van der Waals surface area contributed by atoms with Crippen molar-refractivity contribution in [2.45, 2.75) is 49.7 Å². The number of rotatable bonds is 7. The molecule has 2 rings (SSSR count). The Bertz CT molecular complexity index is 382. The normalized spacial score (nSPS) is 17.6. The molecule has 0 aliphatic heterocycles. The van der Waals surface area contributed by atoms with Gasteiger partial charge in [-0.3, -0.25) is 0 Å². The Morgan fingerprint density at radius 2 is 1.85 bits per heavy atom. The number of hydrogen-bond acceptors (Lipinski definition) is 3. The van der Waals surface area contributed by atoms with Gasteiger partial charge in [-0.15, -0.1) is 11.8 Å². The first-order chi connectivity index (χ1) is 9.69. The summed E-state index contributed by atoms with van der Waals surface area (Å²) in [6.07, 6.45) is 5.59. The number of benzene rings is 1. The molecule has 0 saturated heterocycles. The average Bonchev–Trinajstić information content (AvgIpc) is 2.94. The van der Waals surface area contributed by atoms with Gasteiger partial charge in [-0.05, 0) is 55.5 Å². The summed E-state index contributed by atoms with van der Waals surface area (Å²) in [4.78, 5) is 1.40. The van der Waals surface area contributed by atoms with E-state index in [1.807, 2.05) is 11.8 Å². The van der Waals surface area contributed by atoms with E-state index in [-0.39, 0.29) is 0 Å². The van der Waals surface area contributed by atoms with E-state index in [0.717, 1.165) is 18.3 Å². The lowest BCUT2D eigenvalue weighted by molar-refractivity contribution is 0.413. The van der Waals surface area contributed by atoms with Crippen molar-refractivity contribution in [3.63, 3.8) is 0 Å². The molecule has 3 N–H and O–H groups in total. The lowest BCUT2D eigenvalue weighted by atomic mass is 9.96. The molecule has 1 aromatic rings. The minimum Gasteiger partial charge on any atom is -0.385 e. The molecule has 1 aliphatic carbocycles. The highest BCUT2D eigenvalue weighted by Crippen LogP contribution is 2.34. The Balaban J connectivity index is 1.81. The van der Waals surface area contributed by atoms with Crippen molar-refractivity contribution in [1.29, 1.82) is 0 Å². The largest absolute Gasteiger partial charge is 0.385 e. The Kier molecular flexibility index (Phi) is 6.24. The first-order valence-electron chi connectivity index (χ1n) is 7.89. The second-order valence-corrected chi connectivity index (χ2v) is 7.54. The van der Waals surface area contributed by atoms with Gasteiger partial charge >= 0.3 is 0 Å². The fraction of sp³-hybridized carbons (Fsp3) is 0.647. The SMILES string of the molecule is CC(C)C(CN)CNc1ccc(SC2CCCC2)cc1. The summed E-state index contributed by atoms with van der Waals surface area (Å²) in [6.45, 7) is 6.19. The van der Waals surface area contributed by atoms with Gasteiger partial charge in [0.1, 0.15) is 0 Å². The Hall–Kier alpha value is -0.670. The molecule has 0 radical (unpaired) electrons. The topological polar surface area (TPSA) is 38.0 Å². The van der Waals surface area contributed by atoms with E-state index in [1.165, 1.54) is 36.3 Å². The zero-order valence-corrected chi connectivity index (χ0v) is 13.6. The van der Waals surface area contributed by atoms with Crippen molar-refractivity contribution in [1.82, 2.24) is 0 Å². The molecule has 1 aliphatic rings. The van der Waals surface area contributed by atoms with Crippen molar-refractivity contribution in [2.24, 2.45) is 17.6 Å². The molecule has 1 saturated carbocycles. The second kappa shape index (κ2) is 7.94. The maximum Gasteiger partial charge on any atom is 0.0341 e. The molecule has 20 heavy (non-hydrogen) atoms.